The van der Waals surface area contributed by atoms with Crippen LogP contribution in [0.2, 0.25) is 0 Å². The maximum atomic E-state index is 5.53. The molecule has 0 atom stereocenters. The normalized spacial score (nSPS) is 14.4. The van der Waals surface area contributed by atoms with Gasteiger partial charge in [0.1, 0.15) is 6.61 Å². The molecule has 2 heterocycles. The first kappa shape index (κ1) is 18.0. The smallest absolute Gasteiger partial charge is 0.287 e. The van der Waals surface area contributed by atoms with Crippen LogP contribution in [-0.2, 0) is 24.2 Å². The van der Waals surface area contributed by atoms with Crippen LogP contribution in [-0.4, -0.2) is 11.0 Å². The van der Waals surface area contributed by atoms with E-state index in [9.17, 15) is 0 Å². The summed E-state index contributed by atoms with van der Waals surface area (Å²) < 4.78 is 5.22. The van der Waals surface area contributed by atoms with Gasteiger partial charge in [-0.3, -0.25) is 4.98 Å². The molecule has 2 N–H and O–H groups in total. The number of pyridine rings is 1. The van der Waals surface area contributed by atoms with Crippen molar-refractivity contribution in [3.63, 3.8) is 0 Å². The fourth-order valence-corrected chi connectivity index (χ4v) is 3.42. The molecular weight excluding hydrogens is 346 g/mol. The van der Waals surface area contributed by atoms with Crippen molar-refractivity contribution < 1.29 is 4.74 Å². The molecule has 0 unspecified atom stereocenters. The highest BCUT2D eigenvalue weighted by Gasteiger charge is 2.10. The lowest BCUT2D eigenvalue weighted by atomic mass is 10.1. The molecule has 0 spiro atoms. The lowest BCUT2D eigenvalue weighted by Gasteiger charge is -2.14. The lowest BCUT2D eigenvalue weighted by molar-refractivity contribution is 0.282. The van der Waals surface area contributed by atoms with Crippen molar-refractivity contribution in [1.29, 1.82) is 0 Å². The summed E-state index contributed by atoms with van der Waals surface area (Å²) in [5, 5.41) is 0. The maximum absolute atomic E-state index is 5.53. The fraction of sp³-hybridized carbons (Fsp3) is 0.167. The van der Waals surface area contributed by atoms with Crippen LogP contribution in [0.5, 0.6) is 0 Å². The molecule has 1 aliphatic heterocycles. The average molecular weight is 369 g/mol. The van der Waals surface area contributed by atoms with E-state index in [2.05, 4.69) is 40.3 Å². The Balaban J connectivity index is 0.000000177. The zero-order valence-electron chi connectivity index (χ0n) is 15.7. The summed E-state index contributed by atoms with van der Waals surface area (Å²) in [5.74, 6) is 0. The molecule has 28 heavy (non-hydrogen) atoms. The standard InChI is InChI=1S/C15H13N3O.C9H10/c16-15-18-14-6-5-11(8-13(14)10-19-15)3-4-12-2-1-7-17-9-12;1-2-5-9-7-3-6-8(9)4-1/h1-9H,10H2,(H2,16,18);1-2,4-5H,3,6-7H2/b4-3+;. The van der Waals surface area contributed by atoms with Crippen molar-refractivity contribution in [3.8, 4) is 0 Å². The van der Waals surface area contributed by atoms with Gasteiger partial charge in [-0.15, -0.1) is 0 Å². The number of hydrogen-bond acceptors (Lipinski definition) is 4. The molecule has 0 saturated carbocycles. The van der Waals surface area contributed by atoms with Crippen LogP contribution in [0.3, 0.4) is 0 Å². The topological polar surface area (TPSA) is 60.5 Å². The van der Waals surface area contributed by atoms with Crippen molar-refractivity contribution in [2.45, 2.75) is 25.9 Å². The summed E-state index contributed by atoms with van der Waals surface area (Å²) >= 11 is 0. The van der Waals surface area contributed by atoms with E-state index >= 15 is 0 Å². The predicted molar refractivity (Wildman–Crippen MR) is 114 cm³/mol. The number of rotatable bonds is 2. The molecule has 0 fully saturated rings. The first-order valence-electron chi connectivity index (χ1n) is 9.53. The molecule has 5 rings (SSSR count). The minimum absolute atomic E-state index is 0.228. The Labute approximate surface area is 165 Å². The van der Waals surface area contributed by atoms with E-state index < -0.39 is 0 Å². The summed E-state index contributed by atoms with van der Waals surface area (Å²) in [5.41, 5.74) is 12.8. The van der Waals surface area contributed by atoms with Crippen LogP contribution in [0.1, 0.15) is 34.2 Å². The van der Waals surface area contributed by atoms with Gasteiger partial charge in [0.05, 0.1) is 5.69 Å². The van der Waals surface area contributed by atoms with Crippen LogP contribution in [0.25, 0.3) is 12.2 Å². The molecule has 3 aromatic rings. The Kier molecular flexibility index (Phi) is 5.48. The number of benzene rings is 2. The van der Waals surface area contributed by atoms with E-state index in [-0.39, 0.29) is 6.02 Å². The SMILES string of the molecule is NC1=Nc2ccc(/C=C/c3cccnc3)cc2CO1.c1ccc2c(c1)CCC2. The maximum Gasteiger partial charge on any atom is 0.287 e. The largest absolute Gasteiger partial charge is 0.460 e. The van der Waals surface area contributed by atoms with Crippen molar-refractivity contribution in [2.24, 2.45) is 10.7 Å². The van der Waals surface area contributed by atoms with Crippen molar-refractivity contribution in [2.75, 3.05) is 0 Å². The number of aromatic nitrogens is 1. The predicted octanol–water partition coefficient (Wildman–Crippen LogP) is 4.90. The van der Waals surface area contributed by atoms with Crippen LogP contribution < -0.4 is 5.73 Å². The number of ether oxygens (including phenoxy) is 1. The minimum atomic E-state index is 0.228. The second-order valence-electron chi connectivity index (χ2n) is 6.87. The Hall–Kier alpha value is -3.40. The van der Waals surface area contributed by atoms with Crippen LogP contribution in [0.15, 0.2) is 72.0 Å². The van der Waals surface area contributed by atoms with E-state index in [0.29, 0.717) is 6.61 Å². The number of aryl methyl sites for hydroxylation is 2. The van der Waals surface area contributed by atoms with Gasteiger partial charge in [-0.1, -0.05) is 48.6 Å². The summed E-state index contributed by atoms with van der Waals surface area (Å²) in [7, 11) is 0. The second-order valence-corrected chi connectivity index (χ2v) is 6.87. The zero-order chi connectivity index (χ0) is 19.2. The van der Waals surface area contributed by atoms with E-state index in [4.69, 9.17) is 10.5 Å². The van der Waals surface area contributed by atoms with Crippen molar-refractivity contribution >= 4 is 23.9 Å². The number of fused-ring (bicyclic) bond motifs is 2. The van der Waals surface area contributed by atoms with Gasteiger partial charge in [0.25, 0.3) is 6.02 Å². The van der Waals surface area contributed by atoms with Crippen LogP contribution in [0.4, 0.5) is 5.69 Å². The number of aliphatic imine (C=N–C) groups is 1. The third kappa shape index (κ3) is 4.46. The van der Waals surface area contributed by atoms with E-state index in [0.717, 1.165) is 22.4 Å². The molecule has 2 aliphatic rings. The molecule has 140 valence electrons. The summed E-state index contributed by atoms with van der Waals surface area (Å²) in [4.78, 5) is 8.22. The molecule has 1 aliphatic carbocycles. The van der Waals surface area contributed by atoms with Gasteiger partial charge in [-0.05, 0) is 59.7 Å². The van der Waals surface area contributed by atoms with E-state index in [1.54, 1.807) is 17.3 Å². The van der Waals surface area contributed by atoms with Gasteiger partial charge in [-0.2, -0.15) is 4.99 Å². The van der Waals surface area contributed by atoms with Gasteiger partial charge >= 0.3 is 0 Å². The first-order valence-corrected chi connectivity index (χ1v) is 9.53. The van der Waals surface area contributed by atoms with Crippen molar-refractivity contribution in [1.82, 2.24) is 4.98 Å². The monoisotopic (exact) mass is 369 g/mol. The summed E-state index contributed by atoms with van der Waals surface area (Å²) in [6.07, 6.45) is 11.6. The number of nitrogens with two attached hydrogens (primary N) is 1. The number of amidine groups is 1. The van der Waals surface area contributed by atoms with Crippen LogP contribution in [0, 0.1) is 0 Å². The highest BCUT2D eigenvalue weighted by atomic mass is 16.5. The molecule has 0 bridgehead atoms. The Morgan fingerprint density at radius 2 is 1.64 bits per heavy atom. The molecule has 0 amide bonds. The highest BCUT2D eigenvalue weighted by Crippen LogP contribution is 2.25. The fourth-order valence-electron chi connectivity index (χ4n) is 3.42. The molecule has 0 saturated heterocycles. The molecule has 0 radical (unpaired) electrons. The molecule has 2 aromatic carbocycles. The average Bonchev–Trinajstić information content (AvgIpc) is 3.22. The number of nitrogens with zero attached hydrogens (tertiary/aromatic N) is 2. The minimum Gasteiger partial charge on any atom is -0.460 e. The van der Waals surface area contributed by atoms with Gasteiger partial charge in [0.2, 0.25) is 0 Å². The van der Waals surface area contributed by atoms with Gasteiger partial charge in [0, 0.05) is 18.0 Å². The van der Waals surface area contributed by atoms with Crippen molar-refractivity contribution in [3.05, 3.63) is 94.8 Å². The quantitative estimate of drug-likeness (QED) is 0.699. The lowest BCUT2D eigenvalue weighted by Crippen LogP contribution is -2.18. The Bertz CT molecular complexity index is 986. The first-order chi connectivity index (χ1) is 13.8. The van der Waals surface area contributed by atoms with E-state index in [1.165, 1.54) is 19.3 Å². The molecular formula is C24H23N3O. The zero-order valence-corrected chi connectivity index (χ0v) is 15.7. The van der Waals surface area contributed by atoms with Gasteiger partial charge < -0.3 is 10.5 Å². The van der Waals surface area contributed by atoms with Gasteiger partial charge in [0.15, 0.2) is 0 Å². The van der Waals surface area contributed by atoms with Gasteiger partial charge in [-0.25, -0.2) is 0 Å². The summed E-state index contributed by atoms with van der Waals surface area (Å²) in [6, 6.07) is 18.9. The molecule has 4 heteroatoms. The third-order valence-electron chi connectivity index (χ3n) is 4.87. The summed E-state index contributed by atoms with van der Waals surface area (Å²) in [6.45, 7) is 0.471. The van der Waals surface area contributed by atoms with Crippen LogP contribution >= 0.6 is 0 Å². The number of hydrogen-bond donors (Lipinski definition) is 1. The Morgan fingerprint density at radius 3 is 2.39 bits per heavy atom. The third-order valence-corrected chi connectivity index (χ3v) is 4.87. The molecule has 1 aromatic heterocycles. The van der Waals surface area contributed by atoms with E-state index in [1.807, 2.05) is 42.6 Å². The highest BCUT2D eigenvalue weighted by molar-refractivity contribution is 5.78. The second kappa shape index (κ2) is 8.53. The molecule has 4 nitrogen and oxygen atoms in total. The Morgan fingerprint density at radius 1 is 0.857 bits per heavy atom.